The number of pyridine rings is 1. The number of anilines is 2. The van der Waals surface area contributed by atoms with E-state index in [1.54, 1.807) is 23.3 Å². The van der Waals surface area contributed by atoms with Gasteiger partial charge in [-0.05, 0) is 18.2 Å². The topological polar surface area (TPSA) is 101 Å². The maximum Gasteiger partial charge on any atom is 0.311 e. The predicted molar refractivity (Wildman–Crippen MR) is 108 cm³/mol. The highest BCUT2D eigenvalue weighted by atomic mass is 16.4. The molecule has 0 radical (unpaired) electrons. The second kappa shape index (κ2) is 7.36. The molecule has 3 aromatic heterocycles. The number of piperazine rings is 1. The summed E-state index contributed by atoms with van der Waals surface area (Å²) < 4.78 is 7.47. The van der Waals surface area contributed by atoms with Crippen LogP contribution < -0.4 is 15.5 Å². The number of imidazole rings is 1. The molecule has 1 aliphatic rings. The first-order chi connectivity index (χ1) is 14.3. The molecular weight excluding hydrogens is 370 g/mol. The molecule has 4 heterocycles. The van der Waals surface area contributed by atoms with Gasteiger partial charge in [0.05, 0.1) is 34.8 Å². The predicted octanol–water partition coefficient (Wildman–Crippen LogP) is 2.07. The van der Waals surface area contributed by atoms with Gasteiger partial charge in [-0.1, -0.05) is 12.1 Å². The Labute approximate surface area is 166 Å². The lowest BCUT2D eigenvalue weighted by Crippen LogP contribution is -2.43. The molecule has 0 aliphatic carbocycles. The van der Waals surface area contributed by atoms with Crippen LogP contribution in [-0.4, -0.2) is 51.6 Å². The maximum absolute atomic E-state index is 12.7. The summed E-state index contributed by atoms with van der Waals surface area (Å²) in [4.78, 5) is 27.6. The van der Waals surface area contributed by atoms with E-state index < -0.39 is 5.91 Å². The number of aromatic nitrogens is 4. The van der Waals surface area contributed by atoms with Crippen LogP contribution in [-0.2, 0) is 0 Å². The summed E-state index contributed by atoms with van der Waals surface area (Å²) in [5.74, 6) is -0.0182. The first kappa shape index (κ1) is 17.4. The molecule has 2 N–H and O–H groups in total. The molecule has 1 fully saturated rings. The van der Waals surface area contributed by atoms with Crippen molar-refractivity contribution in [2.24, 2.45) is 0 Å². The molecule has 1 saturated heterocycles. The fraction of sp³-hybridized carbons (Fsp3) is 0.200. The molecule has 1 amide bonds. The molecule has 4 aromatic rings. The van der Waals surface area contributed by atoms with Crippen LogP contribution >= 0.6 is 0 Å². The summed E-state index contributed by atoms with van der Waals surface area (Å²) in [5.41, 5.74) is 3.28. The zero-order valence-electron chi connectivity index (χ0n) is 15.6. The Balaban J connectivity index is 1.39. The van der Waals surface area contributed by atoms with Crippen LogP contribution in [0.5, 0.6) is 0 Å². The van der Waals surface area contributed by atoms with Gasteiger partial charge in [0.15, 0.2) is 0 Å². The number of carbonyl (C=O) groups is 1. The van der Waals surface area contributed by atoms with Crippen molar-refractivity contribution in [1.82, 2.24) is 24.8 Å². The van der Waals surface area contributed by atoms with Crippen molar-refractivity contribution < 1.29 is 9.21 Å². The monoisotopic (exact) mass is 389 g/mol. The van der Waals surface area contributed by atoms with E-state index in [0.29, 0.717) is 11.6 Å². The summed E-state index contributed by atoms with van der Waals surface area (Å²) in [7, 11) is 0. The number of carbonyl (C=O) groups excluding carboxylic acids is 1. The molecular formula is C20H19N7O2. The van der Waals surface area contributed by atoms with E-state index in [4.69, 9.17) is 4.42 Å². The van der Waals surface area contributed by atoms with Gasteiger partial charge in [-0.2, -0.15) is 0 Å². The molecule has 146 valence electrons. The van der Waals surface area contributed by atoms with Gasteiger partial charge in [0.25, 0.3) is 5.89 Å². The lowest BCUT2D eigenvalue weighted by molar-refractivity contribution is 0.0990. The summed E-state index contributed by atoms with van der Waals surface area (Å²) in [6, 6.07) is 9.59. The van der Waals surface area contributed by atoms with Crippen LogP contribution in [0.1, 0.15) is 10.7 Å². The Hall–Kier alpha value is -3.72. The van der Waals surface area contributed by atoms with Crippen molar-refractivity contribution in [3.05, 3.63) is 61.1 Å². The number of oxazole rings is 1. The third kappa shape index (κ3) is 3.32. The number of amides is 1. The molecule has 0 atom stereocenters. The van der Waals surface area contributed by atoms with Crippen molar-refractivity contribution in [2.45, 2.75) is 0 Å². The molecule has 9 heteroatoms. The normalized spacial score (nSPS) is 14.3. The van der Waals surface area contributed by atoms with Crippen molar-refractivity contribution >= 4 is 28.3 Å². The number of para-hydroxylation sites is 2. The minimum absolute atomic E-state index is 0.0205. The van der Waals surface area contributed by atoms with Gasteiger partial charge in [-0.3, -0.25) is 14.3 Å². The van der Waals surface area contributed by atoms with Crippen molar-refractivity contribution in [1.29, 1.82) is 0 Å². The number of hydrogen-bond acceptors (Lipinski definition) is 7. The Morgan fingerprint density at radius 1 is 1.10 bits per heavy atom. The van der Waals surface area contributed by atoms with Gasteiger partial charge in [0.1, 0.15) is 6.33 Å². The van der Waals surface area contributed by atoms with E-state index in [2.05, 4.69) is 30.5 Å². The molecule has 9 nitrogen and oxygen atoms in total. The second-order valence-corrected chi connectivity index (χ2v) is 6.69. The molecule has 1 aromatic carbocycles. The average Bonchev–Trinajstić information content (AvgIpc) is 3.42. The quantitative estimate of drug-likeness (QED) is 0.551. The van der Waals surface area contributed by atoms with Crippen LogP contribution in [0.25, 0.3) is 16.9 Å². The van der Waals surface area contributed by atoms with Gasteiger partial charge in [-0.15, -0.1) is 0 Å². The highest BCUT2D eigenvalue weighted by molar-refractivity contribution is 6.03. The lowest BCUT2D eigenvalue weighted by atomic mass is 10.2. The third-order valence-electron chi connectivity index (χ3n) is 4.88. The highest BCUT2D eigenvalue weighted by Crippen LogP contribution is 2.26. The third-order valence-corrected chi connectivity index (χ3v) is 4.88. The zero-order chi connectivity index (χ0) is 19.6. The van der Waals surface area contributed by atoms with Crippen molar-refractivity contribution in [3.8, 4) is 5.88 Å². The van der Waals surface area contributed by atoms with E-state index in [1.807, 2.05) is 30.3 Å². The molecule has 0 bridgehead atoms. The summed E-state index contributed by atoms with van der Waals surface area (Å²) in [6.07, 6.45) is 6.53. The summed E-state index contributed by atoms with van der Waals surface area (Å²) in [6.45, 7) is 3.53. The van der Waals surface area contributed by atoms with Crippen molar-refractivity contribution in [2.75, 3.05) is 36.4 Å². The largest absolute Gasteiger partial charge is 0.415 e. The number of benzene rings is 1. The van der Waals surface area contributed by atoms with Crippen molar-refractivity contribution in [3.63, 3.8) is 0 Å². The minimum Gasteiger partial charge on any atom is -0.415 e. The fourth-order valence-electron chi connectivity index (χ4n) is 3.46. The van der Waals surface area contributed by atoms with E-state index in [1.165, 1.54) is 6.20 Å². The van der Waals surface area contributed by atoms with E-state index in [0.717, 1.165) is 42.9 Å². The number of nitrogens with zero attached hydrogens (tertiary/aromatic N) is 5. The van der Waals surface area contributed by atoms with E-state index >= 15 is 0 Å². The van der Waals surface area contributed by atoms with Crippen LogP contribution in [0, 0.1) is 0 Å². The molecule has 5 rings (SSSR count). The van der Waals surface area contributed by atoms with Crippen LogP contribution in [0.15, 0.2) is 59.7 Å². The van der Waals surface area contributed by atoms with E-state index in [9.17, 15) is 4.79 Å². The van der Waals surface area contributed by atoms with Crippen LogP contribution in [0.3, 0.4) is 0 Å². The number of fused-ring (bicyclic) bond motifs is 1. The van der Waals surface area contributed by atoms with E-state index in [-0.39, 0.29) is 5.89 Å². The average molecular weight is 389 g/mol. The lowest BCUT2D eigenvalue weighted by Gasteiger charge is -2.30. The SMILES string of the molecule is O=C(Nc1cnccc1N1CCNCC1)c1ncc(-n2cnc3ccccc32)o1. The minimum atomic E-state index is -0.426. The van der Waals surface area contributed by atoms with Crippen LogP contribution in [0.4, 0.5) is 11.4 Å². The summed E-state index contributed by atoms with van der Waals surface area (Å²) >= 11 is 0. The fourth-order valence-corrected chi connectivity index (χ4v) is 3.46. The smallest absolute Gasteiger partial charge is 0.311 e. The molecule has 29 heavy (non-hydrogen) atoms. The van der Waals surface area contributed by atoms with Crippen LogP contribution in [0.2, 0.25) is 0 Å². The molecule has 1 aliphatic heterocycles. The standard InChI is InChI=1S/C20H19N7O2/c28-19(25-15-11-22-6-5-16(15)26-9-7-21-8-10-26)20-23-12-18(29-20)27-13-24-14-3-1-2-4-17(14)27/h1-6,11-13,21H,7-10H2,(H,25,28). The van der Waals surface area contributed by atoms with Gasteiger partial charge in [-0.25, -0.2) is 9.97 Å². The summed E-state index contributed by atoms with van der Waals surface area (Å²) in [5, 5.41) is 6.20. The number of hydrogen-bond donors (Lipinski definition) is 2. The number of nitrogens with one attached hydrogen (secondary N) is 2. The first-order valence-electron chi connectivity index (χ1n) is 9.39. The molecule has 0 unspecified atom stereocenters. The Kier molecular flexibility index (Phi) is 4.41. The molecule has 0 spiro atoms. The van der Waals surface area contributed by atoms with Gasteiger partial charge in [0.2, 0.25) is 5.88 Å². The Morgan fingerprint density at radius 3 is 2.86 bits per heavy atom. The van der Waals surface area contributed by atoms with Gasteiger partial charge < -0.3 is 20.0 Å². The zero-order valence-corrected chi connectivity index (χ0v) is 15.6. The van der Waals surface area contributed by atoms with Gasteiger partial charge >= 0.3 is 5.91 Å². The number of rotatable bonds is 4. The first-order valence-corrected chi connectivity index (χ1v) is 9.39. The Bertz CT molecular complexity index is 1160. The Morgan fingerprint density at radius 2 is 1.97 bits per heavy atom. The molecule has 0 saturated carbocycles. The maximum atomic E-state index is 12.7. The van der Waals surface area contributed by atoms with Gasteiger partial charge in [0, 0.05) is 32.4 Å². The second-order valence-electron chi connectivity index (χ2n) is 6.69. The highest BCUT2D eigenvalue weighted by Gasteiger charge is 2.19.